The van der Waals surface area contributed by atoms with Crippen molar-refractivity contribution in [2.75, 3.05) is 41.0 Å². The molecule has 2 aliphatic rings. The van der Waals surface area contributed by atoms with E-state index < -0.39 is 6.03 Å². The number of aromatic amines is 1. The zero-order valence-corrected chi connectivity index (χ0v) is 23.8. The smallest absolute Gasteiger partial charge is 0.324 e. The number of nitrogens with one attached hydrogen (secondary N) is 6. The highest BCUT2D eigenvalue weighted by Crippen LogP contribution is 2.36. The van der Waals surface area contributed by atoms with Crippen LogP contribution in [0.1, 0.15) is 55.5 Å². The van der Waals surface area contributed by atoms with Crippen LogP contribution in [-0.4, -0.2) is 53.8 Å². The molecule has 1 aromatic carbocycles. The topological polar surface area (TPSA) is 162 Å². The first-order valence-corrected chi connectivity index (χ1v) is 13.5. The lowest BCUT2D eigenvalue weighted by atomic mass is 9.93. The van der Waals surface area contributed by atoms with E-state index in [-0.39, 0.29) is 29.8 Å². The Bertz CT molecular complexity index is 1520. The molecule has 3 aromatic rings. The third-order valence-corrected chi connectivity index (χ3v) is 7.00. The Morgan fingerprint density at radius 1 is 1.15 bits per heavy atom. The Morgan fingerprint density at radius 3 is 2.66 bits per heavy atom. The number of carbonyl (C=O) groups excluding carboxylic acids is 3. The first-order chi connectivity index (χ1) is 19.5. The molecule has 1 fully saturated rings. The van der Waals surface area contributed by atoms with Gasteiger partial charge >= 0.3 is 6.03 Å². The minimum atomic E-state index is -0.489. The van der Waals surface area contributed by atoms with Crippen LogP contribution in [0, 0.1) is 13.8 Å². The molecule has 0 saturated carbocycles. The molecule has 0 bridgehead atoms. The van der Waals surface area contributed by atoms with Crippen molar-refractivity contribution in [1.82, 2.24) is 15.5 Å². The number of anilines is 4. The molecule has 216 valence electrons. The zero-order valence-electron chi connectivity index (χ0n) is 23.8. The molecule has 5 rings (SSSR count). The molecule has 12 heteroatoms. The van der Waals surface area contributed by atoms with Gasteiger partial charge in [0.05, 0.1) is 36.1 Å². The third kappa shape index (κ3) is 6.34. The summed E-state index contributed by atoms with van der Waals surface area (Å²) in [5, 5.41) is 18.4. The fourth-order valence-electron chi connectivity index (χ4n) is 4.78. The number of carbonyl (C=O) groups is 3. The first kappa shape index (κ1) is 28.1. The standard InChI is InChI=1S/C29H35N7O5/c1-15-21(31-16(2)26(15)35-25(37)11-18-14-30-8-9-40-18)12-20-19-7-6-17(10-22(19)33-27(20)38)32-28(39)34-24-13-23(41-36-24)29(3,4)5/h6-7,10,12-13,18,30-31H,8-9,11,14H2,1-5H3,(H,33,38)(H,35,37)(H2,32,34,36,39). The van der Waals surface area contributed by atoms with Crippen LogP contribution in [-0.2, 0) is 19.7 Å². The number of hydrogen-bond donors (Lipinski definition) is 6. The van der Waals surface area contributed by atoms with Crippen molar-refractivity contribution >= 4 is 52.4 Å². The van der Waals surface area contributed by atoms with E-state index in [9.17, 15) is 14.4 Å². The fourth-order valence-corrected chi connectivity index (χ4v) is 4.78. The van der Waals surface area contributed by atoms with Gasteiger partial charge in [-0.25, -0.2) is 4.79 Å². The number of benzene rings is 1. The van der Waals surface area contributed by atoms with Crippen LogP contribution < -0.4 is 26.6 Å². The molecule has 12 nitrogen and oxygen atoms in total. The lowest BCUT2D eigenvalue weighted by molar-refractivity contribution is -0.119. The van der Waals surface area contributed by atoms with Crippen LogP contribution in [0.2, 0.25) is 0 Å². The lowest BCUT2D eigenvalue weighted by Gasteiger charge is -2.23. The average Bonchev–Trinajstić information content (AvgIpc) is 3.57. The molecule has 1 unspecified atom stereocenters. The van der Waals surface area contributed by atoms with E-state index in [0.29, 0.717) is 52.9 Å². The summed E-state index contributed by atoms with van der Waals surface area (Å²) in [4.78, 5) is 41.3. The Hall–Kier alpha value is -4.42. The van der Waals surface area contributed by atoms with Gasteiger partial charge in [-0.05, 0) is 37.6 Å². The molecule has 2 aromatic heterocycles. The maximum absolute atomic E-state index is 12.9. The highest BCUT2D eigenvalue weighted by Gasteiger charge is 2.26. The maximum Gasteiger partial charge on any atom is 0.324 e. The summed E-state index contributed by atoms with van der Waals surface area (Å²) in [7, 11) is 0. The number of amides is 4. The van der Waals surface area contributed by atoms with Gasteiger partial charge in [-0.2, -0.15) is 0 Å². The Labute approximate surface area is 237 Å². The number of morpholine rings is 1. The van der Waals surface area contributed by atoms with Gasteiger partial charge in [0.1, 0.15) is 5.76 Å². The van der Waals surface area contributed by atoms with Crippen LogP contribution in [0.3, 0.4) is 0 Å². The molecule has 0 radical (unpaired) electrons. The quantitative estimate of drug-likeness (QED) is 0.243. The summed E-state index contributed by atoms with van der Waals surface area (Å²) in [6, 6.07) is 6.38. The number of aryl methyl sites for hydroxylation is 1. The molecule has 6 N–H and O–H groups in total. The van der Waals surface area contributed by atoms with E-state index in [2.05, 4.69) is 36.7 Å². The Kier molecular flexibility index (Phi) is 7.70. The number of hydrogen-bond acceptors (Lipinski definition) is 7. The van der Waals surface area contributed by atoms with E-state index in [1.165, 1.54) is 0 Å². The molecular formula is C29H35N7O5. The van der Waals surface area contributed by atoms with Crippen molar-refractivity contribution < 1.29 is 23.6 Å². The summed E-state index contributed by atoms with van der Waals surface area (Å²) < 4.78 is 10.9. The van der Waals surface area contributed by atoms with Gasteiger partial charge in [0.25, 0.3) is 5.91 Å². The van der Waals surface area contributed by atoms with Crippen LogP contribution in [0.4, 0.5) is 27.7 Å². The van der Waals surface area contributed by atoms with Crippen molar-refractivity contribution in [3.05, 3.63) is 52.5 Å². The average molecular weight is 562 g/mol. The SMILES string of the molecule is Cc1[nH]c(C=C2C(=O)Nc3cc(NC(=O)Nc4cc(C(C)(C)C)on4)ccc32)c(C)c1NC(=O)CC1CNCCO1. The number of rotatable bonds is 6. The number of urea groups is 1. The molecule has 0 aliphatic carbocycles. The highest BCUT2D eigenvalue weighted by molar-refractivity contribution is 6.35. The van der Waals surface area contributed by atoms with Crippen molar-refractivity contribution in [3.63, 3.8) is 0 Å². The van der Waals surface area contributed by atoms with Crippen molar-refractivity contribution in [1.29, 1.82) is 0 Å². The van der Waals surface area contributed by atoms with Gasteiger partial charge in [-0.15, -0.1) is 0 Å². The molecule has 0 spiro atoms. The van der Waals surface area contributed by atoms with Crippen LogP contribution in [0.25, 0.3) is 11.6 Å². The lowest BCUT2D eigenvalue weighted by Crippen LogP contribution is -2.40. The predicted octanol–water partition coefficient (Wildman–Crippen LogP) is 4.37. The number of fused-ring (bicyclic) bond motifs is 1. The summed E-state index contributed by atoms with van der Waals surface area (Å²) in [5.41, 5.74) is 5.03. The van der Waals surface area contributed by atoms with Crippen molar-refractivity contribution in [3.8, 4) is 0 Å². The summed E-state index contributed by atoms with van der Waals surface area (Å²) >= 11 is 0. The molecule has 4 amide bonds. The van der Waals surface area contributed by atoms with E-state index in [4.69, 9.17) is 9.26 Å². The van der Waals surface area contributed by atoms with Gasteiger partial charge in [-0.1, -0.05) is 32.0 Å². The second-order valence-corrected chi connectivity index (χ2v) is 11.3. The molecule has 41 heavy (non-hydrogen) atoms. The molecule has 1 saturated heterocycles. The largest absolute Gasteiger partial charge is 0.375 e. The van der Waals surface area contributed by atoms with E-state index in [0.717, 1.165) is 23.5 Å². The summed E-state index contributed by atoms with van der Waals surface area (Å²) in [6.07, 6.45) is 1.87. The van der Waals surface area contributed by atoms with Crippen LogP contribution >= 0.6 is 0 Å². The molecule has 2 aliphatic heterocycles. The van der Waals surface area contributed by atoms with Crippen molar-refractivity contribution in [2.24, 2.45) is 0 Å². The third-order valence-electron chi connectivity index (χ3n) is 7.00. The molecule has 1 atom stereocenters. The summed E-state index contributed by atoms with van der Waals surface area (Å²) in [6.45, 7) is 11.8. The second-order valence-electron chi connectivity index (χ2n) is 11.3. The number of aromatic nitrogens is 2. The molecule has 4 heterocycles. The minimum absolute atomic E-state index is 0.130. The fraction of sp³-hybridized carbons (Fsp3) is 0.379. The number of ether oxygens (including phenoxy) is 1. The Morgan fingerprint density at radius 2 is 1.95 bits per heavy atom. The predicted molar refractivity (Wildman–Crippen MR) is 157 cm³/mol. The number of H-pyrrole nitrogens is 1. The summed E-state index contributed by atoms with van der Waals surface area (Å²) in [5.74, 6) is 0.562. The first-order valence-electron chi connectivity index (χ1n) is 13.5. The second kappa shape index (κ2) is 11.2. The molecular weight excluding hydrogens is 526 g/mol. The van der Waals surface area contributed by atoms with Gasteiger partial charge in [0.2, 0.25) is 5.91 Å². The highest BCUT2D eigenvalue weighted by atomic mass is 16.5. The van der Waals surface area contributed by atoms with E-state index in [1.54, 1.807) is 30.3 Å². The maximum atomic E-state index is 12.9. The van der Waals surface area contributed by atoms with Gasteiger partial charge in [0, 0.05) is 47.2 Å². The van der Waals surface area contributed by atoms with Gasteiger partial charge in [-0.3, -0.25) is 14.9 Å². The normalized spacial score (nSPS) is 17.7. The van der Waals surface area contributed by atoms with Crippen molar-refractivity contribution in [2.45, 2.75) is 52.6 Å². The number of nitrogens with zero attached hydrogens (tertiary/aromatic N) is 1. The van der Waals surface area contributed by atoms with Crippen LogP contribution in [0.15, 0.2) is 28.8 Å². The van der Waals surface area contributed by atoms with Crippen LogP contribution in [0.5, 0.6) is 0 Å². The van der Waals surface area contributed by atoms with E-state index in [1.807, 2.05) is 34.6 Å². The zero-order chi connectivity index (χ0) is 29.3. The monoisotopic (exact) mass is 561 g/mol. The van der Waals surface area contributed by atoms with Gasteiger partial charge in [0.15, 0.2) is 5.82 Å². The Balaban J connectivity index is 1.27. The minimum Gasteiger partial charge on any atom is -0.375 e. The van der Waals surface area contributed by atoms with Gasteiger partial charge < -0.3 is 35.5 Å². The van der Waals surface area contributed by atoms with E-state index >= 15 is 0 Å².